The molecule has 0 bridgehead atoms. The van der Waals surface area contributed by atoms with Crippen molar-refractivity contribution in [3.63, 3.8) is 0 Å². The summed E-state index contributed by atoms with van der Waals surface area (Å²) in [6.45, 7) is 0.184. The first kappa shape index (κ1) is 20.4. The van der Waals surface area contributed by atoms with E-state index in [1.54, 1.807) is 24.3 Å². The monoisotopic (exact) mass is 395 g/mol. The van der Waals surface area contributed by atoms with Crippen molar-refractivity contribution in [2.24, 2.45) is 11.7 Å². The highest BCUT2D eigenvalue weighted by molar-refractivity contribution is 5.93. The summed E-state index contributed by atoms with van der Waals surface area (Å²) >= 11 is 0. The Kier molecular flexibility index (Phi) is 6.84. The van der Waals surface area contributed by atoms with Crippen LogP contribution < -0.4 is 21.1 Å². The van der Waals surface area contributed by atoms with Crippen LogP contribution >= 0.6 is 0 Å². The maximum absolute atomic E-state index is 12.2. The van der Waals surface area contributed by atoms with Crippen molar-refractivity contribution in [3.05, 3.63) is 59.7 Å². The quantitative estimate of drug-likeness (QED) is 0.638. The molecule has 0 saturated heterocycles. The minimum Gasteiger partial charge on any atom is -0.484 e. The molecule has 1 saturated carbocycles. The van der Waals surface area contributed by atoms with Gasteiger partial charge in [0.2, 0.25) is 11.8 Å². The molecule has 0 atom stereocenters. The van der Waals surface area contributed by atoms with Gasteiger partial charge in [0.1, 0.15) is 5.75 Å². The molecule has 0 aliphatic heterocycles. The Morgan fingerprint density at radius 2 is 1.76 bits per heavy atom. The summed E-state index contributed by atoms with van der Waals surface area (Å²) < 4.78 is 5.40. The lowest BCUT2D eigenvalue weighted by Gasteiger charge is -2.12. The van der Waals surface area contributed by atoms with Crippen LogP contribution in [-0.4, -0.2) is 24.3 Å². The van der Waals surface area contributed by atoms with E-state index < -0.39 is 5.91 Å². The SMILES string of the molecule is NC(=O)c1ccc(OCC(=O)NCc2cccc(NC(=O)C3CCCC3)c2)cc1. The molecule has 1 aliphatic rings. The van der Waals surface area contributed by atoms with Gasteiger partial charge < -0.3 is 21.1 Å². The maximum Gasteiger partial charge on any atom is 0.258 e. The molecule has 152 valence electrons. The van der Waals surface area contributed by atoms with Gasteiger partial charge in [-0.05, 0) is 54.8 Å². The number of benzene rings is 2. The molecule has 29 heavy (non-hydrogen) atoms. The highest BCUT2D eigenvalue weighted by atomic mass is 16.5. The Morgan fingerprint density at radius 1 is 1.03 bits per heavy atom. The zero-order chi connectivity index (χ0) is 20.6. The lowest BCUT2D eigenvalue weighted by atomic mass is 10.1. The maximum atomic E-state index is 12.2. The van der Waals surface area contributed by atoms with E-state index in [1.807, 2.05) is 24.3 Å². The van der Waals surface area contributed by atoms with Gasteiger partial charge in [0.15, 0.2) is 6.61 Å². The number of rotatable bonds is 8. The number of hydrogen-bond donors (Lipinski definition) is 3. The Hall–Kier alpha value is -3.35. The topological polar surface area (TPSA) is 111 Å². The number of amides is 3. The molecule has 2 aromatic carbocycles. The molecule has 1 aliphatic carbocycles. The van der Waals surface area contributed by atoms with Crippen LogP contribution in [0.3, 0.4) is 0 Å². The van der Waals surface area contributed by atoms with Gasteiger partial charge in [-0.25, -0.2) is 0 Å². The Labute approximate surface area is 169 Å². The fourth-order valence-corrected chi connectivity index (χ4v) is 3.31. The highest BCUT2D eigenvalue weighted by Crippen LogP contribution is 2.26. The average Bonchev–Trinajstić information content (AvgIpc) is 3.26. The summed E-state index contributed by atoms with van der Waals surface area (Å²) in [5.74, 6) is -0.144. The zero-order valence-electron chi connectivity index (χ0n) is 16.1. The zero-order valence-corrected chi connectivity index (χ0v) is 16.1. The molecule has 7 nitrogen and oxygen atoms in total. The summed E-state index contributed by atoms with van der Waals surface area (Å²) in [6, 6.07) is 13.7. The number of carbonyl (C=O) groups is 3. The van der Waals surface area contributed by atoms with Gasteiger partial charge in [0, 0.05) is 23.7 Å². The van der Waals surface area contributed by atoms with E-state index >= 15 is 0 Å². The first-order valence-electron chi connectivity index (χ1n) is 9.70. The largest absolute Gasteiger partial charge is 0.484 e. The molecule has 2 aromatic rings. The Bertz CT molecular complexity index is 874. The second-order valence-electron chi connectivity index (χ2n) is 7.13. The number of ether oxygens (including phenoxy) is 1. The number of carbonyl (C=O) groups excluding carboxylic acids is 3. The molecule has 4 N–H and O–H groups in total. The van der Waals surface area contributed by atoms with Crippen molar-refractivity contribution in [2.75, 3.05) is 11.9 Å². The van der Waals surface area contributed by atoms with E-state index in [-0.39, 0.29) is 24.3 Å². The van der Waals surface area contributed by atoms with Crippen LogP contribution in [0.15, 0.2) is 48.5 Å². The van der Waals surface area contributed by atoms with Gasteiger partial charge in [0.05, 0.1) is 0 Å². The summed E-state index contributed by atoms with van der Waals surface area (Å²) in [5, 5.41) is 5.75. The normalized spacial score (nSPS) is 13.7. The molecule has 0 aromatic heterocycles. The number of anilines is 1. The first-order valence-corrected chi connectivity index (χ1v) is 9.70. The van der Waals surface area contributed by atoms with Crippen molar-refractivity contribution in [3.8, 4) is 5.75 Å². The van der Waals surface area contributed by atoms with Crippen molar-refractivity contribution < 1.29 is 19.1 Å². The van der Waals surface area contributed by atoms with E-state index in [2.05, 4.69) is 10.6 Å². The molecule has 0 spiro atoms. The smallest absolute Gasteiger partial charge is 0.258 e. The summed E-state index contributed by atoms with van der Waals surface area (Å²) in [7, 11) is 0. The molecule has 7 heteroatoms. The second kappa shape index (κ2) is 9.73. The van der Waals surface area contributed by atoms with Crippen molar-refractivity contribution in [1.82, 2.24) is 5.32 Å². The fourth-order valence-electron chi connectivity index (χ4n) is 3.31. The van der Waals surface area contributed by atoms with Gasteiger partial charge in [-0.3, -0.25) is 14.4 Å². The van der Waals surface area contributed by atoms with Gasteiger partial charge in [-0.1, -0.05) is 25.0 Å². The molecule has 0 unspecified atom stereocenters. The van der Waals surface area contributed by atoms with Gasteiger partial charge in [0.25, 0.3) is 5.91 Å². The van der Waals surface area contributed by atoms with Crippen LogP contribution in [0.1, 0.15) is 41.6 Å². The molecular weight excluding hydrogens is 370 g/mol. The molecule has 0 heterocycles. The number of nitrogens with two attached hydrogens (primary N) is 1. The lowest BCUT2D eigenvalue weighted by molar-refractivity contribution is -0.123. The minimum atomic E-state index is -0.518. The first-order chi connectivity index (χ1) is 14.0. The van der Waals surface area contributed by atoms with E-state index in [1.165, 1.54) is 0 Å². The predicted molar refractivity (Wildman–Crippen MR) is 109 cm³/mol. The third-order valence-electron chi connectivity index (χ3n) is 4.92. The van der Waals surface area contributed by atoms with Gasteiger partial charge >= 0.3 is 0 Å². The lowest BCUT2D eigenvalue weighted by Crippen LogP contribution is -2.28. The summed E-state index contributed by atoms with van der Waals surface area (Å²) in [4.78, 5) is 35.3. The standard InChI is InChI=1S/C22H25N3O4/c23-21(27)16-8-10-19(11-9-16)29-14-20(26)24-13-15-4-3-7-18(12-15)25-22(28)17-5-1-2-6-17/h3-4,7-12,17H,1-2,5-6,13-14H2,(H2,23,27)(H,24,26)(H,25,28). The molecular formula is C22H25N3O4. The second-order valence-corrected chi connectivity index (χ2v) is 7.13. The van der Waals surface area contributed by atoms with E-state index in [0.717, 1.165) is 36.9 Å². The number of nitrogens with one attached hydrogen (secondary N) is 2. The van der Waals surface area contributed by atoms with E-state index in [9.17, 15) is 14.4 Å². The van der Waals surface area contributed by atoms with Crippen LogP contribution in [0, 0.1) is 5.92 Å². The van der Waals surface area contributed by atoms with Crippen LogP contribution in [0.2, 0.25) is 0 Å². The molecule has 3 amide bonds. The number of hydrogen-bond acceptors (Lipinski definition) is 4. The minimum absolute atomic E-state index is 0.0689. The molecule has 1 fully saturated rings. The van der Waals surface area contributed by atoms with E-state index in [0.29, 0.717) is 17.9 Å². The van der Waals surface area contributed by atoms with Crippen molar-refractivity contribution in [1.29, 1.82) is 0 Å². The Balaban J connectivity index is 1.44. The van der Waals surface area contributed by atoms with Crippen LogP contribution in [-0.2, 0) is 16.1 Å². The van der Waals surface area contributed by atoms with Gasteiger partial charge in [-0.2, -0.15) is 0 Å². The molecule has 0 radical (unpaired) electrons. The summed E-state index contributed by atoms with van der Waals surface area (Å²) in [6.07, 6.45) is 4.13. The van der Waals surface area contributed by atoms with Crippen LogP contribution in [0.25, 0.3) is 0 Å². The van der Waals surface area contributed by atoms with Crippen molar-refractivity contribution >= 4 is 23.4 Å². The molecule has 3 rings (SSSR count). The third kappa shape index (κ3) is 6.07. The van der Waals surface area contributed by atoms with Crippen molar-refractivity contribution in [2.45, 2.75) is 32.2 Å². The third-order valence-corrected chi connectivity index (χ3v) is 4.92. The number of primary amides is 1. The van der Waals surface area contributed by atoms with Gasteiger partial charge in [-0.15, -0.1) is 0 Å². The van der Waals surface area contributed by atoms with E-state index in [4.69, 9.17) is 10.5 Å². The Morgan fingerprint density at radius 3 is 2.45 bits per heavy atom. The highest BCUT2D eigenvalue weighted by Gasteiger charge is 2.22. The van der Waals surface area contributed by atoms with Crippen LogP contribution in [0.5, 0.6) is 5.75 Å². The van der Waals surface area contributed by atoms with Crippen LogP contribution in [0.4, 0.5) is 5.69 Å². The average molecular weight is 395 g/mol. The summed E-state index contributed by atoms with van der Waals surface area (Å²) in [5.41, 5.74) is 7.18. The fraction of sp³-hybridized carbons (Fsp3) is 0.318. The predicted octanol–water partition coefficient (Wildman–Crippen LogP) is 2.61.